The highest BCUT2D eigenvalue weighted by atomic mass is 127. The number of amides is 4. The lowest BCUT2D eigenvalue weighted by Crippen LogP contribution is -2.52. The van der Waals surface area contributed by atoms with Gasteiger partial charge in [-0.05, 0) is 67.6 Å². The summed E-state index contributed by atoms with van der Waals surface area (Å²) in [4.78, 5) is 83.0. The lowest BCUT2D eigenvalue weighted by molar-refractivity contribution is -0.138. The average molecular weight is 905 g/mol. The number of rotatable bonds is 17. The van der Waals surface area contributed by atoms with Crippen LogP contribution in [0.2, 0.25) is 0 Å². The molecule has 0 spiro atoms. The summed E-state index contributed by atoms with van der Waals surface area (Å²) in [5.41, 5.74) is 7.49. The molecule has 2 saturated carbocycles. The number of nitrogens with zero attached hydrogens (tertiary/aromatic N) is 3. The number of fused-ring (bicyclic) bond motifs is 1. The van der Waals surface area contributed by atoms with Gasteiger partial charge >= 0.3 is 6.09 Å². The lowest BCUT2D eigenvalue weighted by Gasteiger charge is -2.36. The van der Waals surface area contributed by atoms with E-state index in [0.717, 1.165) is 40.4 Å². The van der Waals surface area contributed by atoms with Crippen molar-refractivity contribution >= 4 is 67.8 Å². The number of nitrogens with two attached hydrogens (primary N) is 1. The van der Waals surface area contributed by atoms with E-state index in [1.54, 1.807) is 11.8 Å². The van der Waals surface area contributed by atoms with Crippen molar-refractivity contribution in [3.63, 3.8) is 0 Å². The summed E-state index contributed by atoms with van der Waals surface area (Å²) in [6, 6.07) is 4.03. The van der Waals surface area contributed by atoms with Gasteiger partial charge < -0.3 is 25.6 Å². The maximum absolute atomic E-state index is 14.3. The maximum atomic E-state index is 14.3. The van der Waals surface area contributed by atoms with E-state index in [4.69, 9.17) is 10.5 Å². The van der Waals surface area contributed by atoms with E-state index in [0.29, 0.717) is 64.7 Å². The van der Waals surface area contributed by atoms with Crippen LogP contribution in [0.1, 0.15) is 87.8 Å². The fraction of sp³-hybridized carbons (Fsp3) is 0.590. The highest BCUT2D eigenvalue weighted by Gasteiger charge is 2.56. The number of sulfonamides is 1. The molecule has 4 fully saturated rings. The van der Waals surface area contributed by atoms with Gasteiger partial charge in [0.1, 0.15) is 29.6 Å². The second-order valence-corrected chi connectivity index (χ2v) is 18.8. The summed E-state index contributed by atoms with van der Waals surface area (Å²) >= 11 is 2.30. The molecule has 5 aliphatic rings. The quantitative estimate of drug-likeness (QED) is 0.0692. The van der Waals surface area contributed by atoms with Gasteiger partial charge in [-0.25, -0.2) is 13.2 Å². The number of carbonyl (C=O) groups excluding carboxylic acids is 4. The zero-order valence-corrected chi connectivity index (χ0v) is 34.4. The minimum absolute atomic E-state index is 0.0401. The molecule has 17 heteroatoms. The first-order valence-corrected chi connectivity index (χ1v) is 22.6. The molecule has 2 aliphatic carbocycles. The number of ether oxygens (including phenoxy) is 1. The predicted molar refractivity (Wildman–Crippen MR) is 217 cm³/mol. The van der Waals surface area contributed by atoms with Crippen molar-refractivity contribution in [3.05, 3.63) is 67.5 Å². The van der Waals surface area contributed by atoms with Crippen LogP contribution in [0.3, 0.4) is 0 Å². The molecular weight excluding hydrogens is 855 g/mol. The van der Waals surface area contributed by atoms with Crippen molar-refractivity contribution in [2.24, 2.45) is 17.1 Å². The van der Waals surface area contributed by atoms with Crippen molar-refractivity contribution in [2.45, 2.75) is 112 Å². The Labute approximate surface area is 339 Å². The Bertz CT molecular complexity index is 2110. The molecule has 3 heterocycles. The predicted octanol–water partition coefficient (Wildman–Crippen LogP) is 2.96. The SMILES string of the molecule is C[C@]1(C(=O)NS(=O)(=O)C2CC2)C[C@H]1/C=C\CCCCC[C@H](Nc1c(N2CCC2)c(=O)c1=O)C(=O)N1C[C@H](OC(=O)N2Cc3cccc(CI)c3C2)C[C@H]1C(N)=O. The van der Waals surface area contributed by atoms with Gasteiger partial charge in [0.25, 0.3) is 10.9 Å². The first kappa shape index (κ1) is 40.2. The Balaban J connectivity index is 0.954. The summed E-state index contributed by atoms with van der Waals surface area (Å²) in [7, 11) is -3.59. The van der Waals surface area contributed by atoms with Crippen LogP contribution in [-0.4, -0.2) is 85.1 Å². The van der Waals surface area contributed by atoms with E-state index in [9.17, 15) is 37.2 Å². The van der Waals surface area contributed by atoms with Gasteiger partial charge in [-0.3, -0.25) is 33.6 Å². The number of halogens is 1. The highest BCUT2D eigenvalue weighted by Crippen LogP contribution is 2.53. The zero-order valence-electron chi connectivity index (χ0n) is 31.5. The number of primary amides is 1. The van der Waals surface area contributed by atoms with Crippen LogP contribution in [0.5, 0.6) is 0 Å². The van der Waals surface area contributed by atoms with Gasteiger partial charge in [-0.2, -0.15) is 0 Å². The normalized spacial score (nSPS) is 24.9. The molecule has 3 aliphatic heterocycles. The van der Waals surface area contributed by atoms with Gasteiger partial charge in [0.2, 0.25) is 27.7 Å². The summed E-state index contributed by atoms with van der Waals surface area (Å²) in [5.74, 6) is -1.69. The van der Waals surface area contributed by atoms with E-state index in [1.807, 2.05) is 35.3 Å². The second-order valence-electron chi connectivity index (χ2n) is 16.1. The monoisotopic (exact) mass is 904 g/mol. The summed E-state index contributed by atoms with van der Waals surface area (Å²) in [5, 5.41) is 2.62. The molecule has 7 rings (SSSR count). The average Bonchev–Trinajstić information content (AvgIpc) is 4.02. The van der Waals surface area contributed by atoms with Crippen LogP contribution >= 0.6 is 22.6 Å². The molecule has 2 saturated heterocycles. The Hall–Kier alpha value is -4.00. The van der Waals surface area contributed by atoms with E-state index < -0.39 is 73.5 Å². The Morgan fingerprint density at radius 1 is 1.09 bits per heavy atom. The topological polar surface area (TPSA) is 206 Å². The van der Waals surface area contributed by atoms with Gasteiger partial charge in [0.05, 0.1) is 17.2 Å². The van der Waals surface area contributed by atoms with Crippen molar-refractivity contribution in [1.82, 2.24) is 14.5 Å². The van der Waals surface area contributed by atoms with Gasteiger partial charge in [0.15, 0.2) is 0 Å². The largest absolute Gasteiger partial charge is 0.444 e. The molecule has 302 valence electrons. The van der Waals surface area contributed by atoms with Gasteiger partial charge in [0, 0.05) is 37.0 Å². The lowest BCUT2D eigenvalue weighted by atomic mass is 10.0. The van der Waals surface area contributed by atoms with Gasteiger partial charge in [-0.1, -0.05) is 72.7 Å². The number of allylic oxidation sites excluding steroid dienone is 2. The number of hydrogen-bond acceptors (Lipinski definition) is 11. The minimum Gasteiger partial charge on any atom is -0.444 e. The number of carbonyl (C=O) groups is 4. The Morgan fingerprint density at radius 2 is 1.86 bits per heavy atom. The van der Waals surface area contributed by atoms with E-state index in [1.165, 1.54) is 4.90 Å². The summed E-state index contributed by atoms with van der Waals surface area (Å²) in [6.45, 7) is 3.82. The molecule has 0 radical (unpaired) electrons. The summed E-state index contributed by atoms with van der Waals surface area (Å²) < 4.78 is 33.4. The zero-order chi connectivity index (χ0) is 39.9. The molecule has 2 aromatic rings. The fourth-order valence-corrected chi connectivity index (χ4v) is 10.2. The molecule has 15 nitrogen and oxygen atoms in total. The standard InChI is InChI=1S/C39H49IN6O9S/c1-39(37(51)43-56(53,54)27-13-14-27)18-25(39)11-5-3-2-4-6-12-29(42-31-32(34(48)33(31)47)44-15-8-16-44)36(50)46-21-26(17-30(46)35(41)49)55-38(52)45-20-24-10-7-9-23(19-40)28(24)22-45/h5,7,9-11,25-27,29-30,42H,2-4,6,8,12-22H2,1H3,(H2,41,49)(H,43,51)/b11-5-/t25-,26-,29+,30+,39+/m1/s1. The number of likely N-dealkylation sites (tertiary alicyclic amines) is 1. The third-order valence-electron chi connectivity index (χ3n) is 12.0. The fourth-order valence-electron chi connectivity index (χ4n) is 8.04. The summed E-state index contributed by atoms with van der Waals surface area (Å²) in [6.07, 6.45) is 8.42. The van der Waals surface area contributed by atoms with Crippen molar-refractivity contribution in [3.8, 4) is 0 Å². The molecule has 0 bridgehead atoms. The molecule has 5 atom stereocenters. The molecule has 2 aromatic carbocycles. The van der Waals surface area contributed by atoms with Crippen LogP contribution in [0.25, 0.3) is 0 Å². The molecule has 56 heavy (non-hydrogen) atoms. The van der Waals surface area contributed by atoms with E-state index in [2.05, 4.69) is 32.6 Å². The van der Waals surface area contributed by atoms with Crippen molar-refractivity contribution in [1.29, 1.82) is 0 Å². The van der Waals surface area contributed by atoms with Crippen LogP contribution in [0.15, 0.2) is 39.9 Å². The number of nitrogens with one attached hydrogen (secondary N) is 2. The van der Waals surface area contributed by atoms with E-state index in [-0.39, 0.29) is 30.3 Å². The second kappa shape index (κ2) is 16.1. The Kier molecular flexibility index (Phi) is 11.6. The molecule has 0 aromatic heterocycles. The number of alkyl halides is 1. The van der Waals surface area contributed by atoms with Crippen molar-refractivity contribution < 1.29 is 32.3 Å². The van der Waals surface area contributed by atoms with Crippen molar-refractivity contribution in [2.75, 3.05) is 29.9 Å². The number of anilines is 2. The molecule has 0 unspecified atom stereocenters. The molecule has 4 N–H and O–H groups in total. The third-order valence-corrected chi connectivity index (χ3v) is 14.7. The van der Waals surface area contributed by atoms with Gasteiger partial charge in [-0.15, -0.1) is 0 Å². The van der Waals surface area contributed by atoms with E-state index >= 15 is 0 Å². The number of unbranched alkanes of at least 4 members (excludes halogenated alkanes) is 3. The minimum atomic E-state index is -3.59. The molecular formula is C39H49IN6O9S. The maximum Gasteiger partial charge on any atom is 0.410 e. The first-order valence-electron chi connectivity index (χ1n) is 19.5. The highest BCUT2D eigenvalue weighted by molar-refractivity contribution is 14.1. The van der Waals surface area contributed by atoms with Crippen LogP contribution in [-0.2, 0) is 46.7 Å². The number of benzene rings is 1. The first-order chi connectivity index (χ1) is 26.7. The number of hydrogen-bond donors (Lipinski definition) is 3. The van der Waals surface area contributed by atoms with Crippen LogP contribution in [0.4, 0.5) is 16.2 Å². The molecule has 4 amide bonds. The van der Waals surface area contributed by atoms with Crippen LogP contribution < -0.4 is 31.5 Å². The smallest absolute Gasteiger partial charge is 0.410 e. The third kappa shape index (κ3) is 8.20. The van der Waals surface area contributed by atoms with Crippen LogP contribution in [0, 0.1) is 11.3 Å². The Morgan fingerprint density at radius 3 is 2.54 bits per heavy atom.